The lowest BCUT2D eigenvalue weighted by molar-refractivity contribution is 0.0696. The molecule has 0 saturated carbocycles. The molecule has 0 amide bonds. The van der Waals surface area contributed by atoms with Gasteiger partial charge in [0.1, 0.15) is 0 Å². The van der Waals surface area contributed by atoms with E-state index in [-0.39, 0.29) is 20.4 Å². The monoisotopic (exact) mass is 297 g/mol. The second-order valence-corrected chi connectivity index (χ2v) is 6.05. The molecular weight excluding hydrogens is 290 g/mol. The Kier molecular flexibility index (Phi) is 3.55. The highest BCUT2D eigenvalue weighted by Gasteiger charge is 2.20. The predicted octanol–water partition coefficient (Wildman–Crippen LogP) is 2.27. The summed E-state index contributed by atoms with van der Waals surface area (Å²) in [6.45, 7) is 0. The molecule has 1 heterocycles. The van der Waals surface area contributed by atoms with Crippen LogP contribution in [0, 0.1) is 0 Å². The molecule has 0 aliphatic heterocycles. The van der Waals surface area contributed by atoms with Crippen molar-refractivity contribution in [2.75, 3.05) is 0 Å². The van der Waals surface area contributed by atoms with Crippen LogP contribution in [0.25, 0.3) is 0 Å². The van der Waals surface area contributed by atoms with Gasteiger partial charge in [-0.15, -0.1) is 0 Å². The summed E-state index contributed by atoms with van der Waals surface area (Å²) in [5.41, 5.74) is -0.180. The fourth-order valence-electron chi connectivity index (χ4n) is 1.49. The third kappa shape index (κ3) is 2.74. The number of hydrogen-bond donors (Lipinski definition) is 1. The summed E-state index contributed by atoms with van der Waals surface area (Å²) in [6, 6.07) is 6.14. The number of benzene rings is 1. The van der Waals surface area contributed by atoms with Gasteiger partial charge in [0.05, 0.1) is 15.4 Å². The van der Waals surface area contributed by atoms with Gasteiger partial charge in [-0.2, -0.15) is 0 Å². The molecule has 0 unspecified atom stereocenters. The number of rotatable bonds is 3. The summed E-state index contributed by atoms with van der Waals surface area (Å²) in [5, 5.41) is 8.96. The summed E-state index contributed by atoms with van der Waals surface area (Å²) >= 11 is 5.75. The molecule has 0 fully saturated rings. The number of hydrogen-bond acceptors (Lipinski definition) is 4. The third-order valence-corrected chi connectivity index (χ3v) is 4.36. The Labute approximate surface area is 114 Å². The normalized spacial score (nSPS) is 11.2. The number of aromatic carboxylic acids is 1. The second-order valence-electron chi connectivity index (χ2n) is 3.67. The molecule has 19 heavy (non-hydrogen) atoms. The Morgan fingerprint density at radius 3 is 2.32 bits per heavy atom. The molecule has 1 aromatic heterocycles. The van der Waals surface area contributed by atoms with Crippen molar-refractivity contribution < 1.29 is 18.3 Å². The molecule has 0 atom stereocenters. The molecule has 1 N–H and O–H groups in total. The first-order chi connectivity index (χ1) is 8.91. The molecule has 7 heteroatoms. The number of sulfone groups is 1. The number of nitrogens with zero attached hydrogens (tertiary/aromatic N) is 1. The summed E-state index contributed by atoms with van der Waals surface area (Å²) in [5.74, 6) is -1.24. The van der Waals surface area contributed by atoms with Crippen LogP contribution in [0.3, 0.4) is 0 Å². The number of aromatic nitrogens is 1. The van der Waals surface area contributed by atoms with Gasteiger partial charge in [0.15, 0.2) is 0 Å². The lowest BCUT2D eigenvalue weighted by atomic mass is 10.2. The van der Waals surface area contributed by atoms with Gasteiger partial charge in [-0.1, -0.05) is 11.6 Å². The largest absolute Gasteiger partial charge is 0.478 e. The van der Waals surface area contributed by atoms with Crippen LogP contribution in [0.4, 0.5) is 0 Å². The average molecular weight is 298 g/mol. The van der Waals surface area contributed by atoms with Crippen molar-refractivity contribution >= 4 is 27.4 Å². The smallest absolute Gasteiger partial charge is 0.335 e. The molecule has 0 saturated heterocycles. The molecule has 0 aliphatic carbocycles. The Morgan fingerprint density at radius 2 is 1.74 bits per heavy atom. The number of halogens is 1. The van der Waals surface area contributed by atoms with E-state index in [0.29, 0.717) is 0 Å². The van der Waals surface area contributed by atoms with Crippen LogP contribution in [0.15, 0.2) is 52.5 Å². The first-order valence-corrected chi connectivity index (χ1v) is 6.96. The van der Waals surface area contributed by atoms with E-state index in [2.05, 4.69) is 4.98 Å². The quantitative estimate of drug-likeness (QED) is 0.939. The Morgan fingerprint density at radius 1 is 1.11 bits per heavy atom. The summed E-state index contributed by atoms with van der Waals surface area (Å²) in [7, 11) is -3.81. The van der Waals surface area contributed by atoms with Crippen LogP contribution in [0.1, 0.15) is 10.4 Å². The zero-order valence-electron chi connectivity index (χ0n) is 9.45. The van der Waals surface area contributed by atoms with E-state index in [1.54, 1.807) is 0 Å². The number of carboxylic acids is 1. The highest BCUT2D eigenvalue weighted by Crippen LogP contribution is 2.24. The first kappa shape index (κ1) is 13.5. The van der Waals surface area contributed by atoms with Crippen LogP contribution in [-0.4, -0.2) is 24.5 Å². The molecular formula is C12H8ClNO4S. The van der Waals surface area contributed by atoms with Crippen LogP contribution < -0.4 is 0 Å². The van der Waals surface area contributed by atoms with E-state index in [4.69, 9.17) is 16.7 Å². The van der Waals surface area contributed by atoms with Crippen molar-refractivity contribution in [2.24, 2.45) is 0 Å². The lowest BCUT2D eigenvalue weighted by Crippen LogP contribution is -2.05. The Bertz CT molecular complexity index is 729. The Balaban J connectivity index is 2.62. The highest BCUT2D eigenvalue weighted by molar-refractivity contribution is 7.91. The molecule has 0 radical (unpaired) electrons. The van der Waals surface area contributed by atoms with Gasteiger partial charge in [-0.05, 0) is 30.3 Å². The highest BCUT2D eigenvalue weighted by atomic mass is 35.5. The van der Waals surface area contributed by atoms with E-state index in [1.807, 2.05) is 0 Å². The maximum Gasteiger partial charge on any atom is 0.335 e. The van der Waals surface area contributed by atoms with E-state index >= 15 is 0 Å². The minimum Gasteiger partial charge on any atom is -0.478 e. The summed E-state index contributed by atoms with van der Waals surface area (Å²) in [6.07, 6.45) is 2.69. The molecule has 2 rings (SSSR count). The van der Waals surface area contributed by atoms with Crippen LogP contribution in [-0.2, 0) is 9.84 Å². The minimum atomic E-state index is -3.81. The fourth-order valence-corrected chi connectivity index (χ4v) is 3.11. The fraction of sp³-hybridized carbons (Fsp3) is 0. The molecule has 98 valence electrons. The van der Waals surface area contributed by atoms with Gasteiger partial charge in [0.2, 0.25) is 9.84 Å². The first-order valence-electron chi connectivity index (χ1n) is 5.10. The van der Waals surface area contributed by atoms with Crippen molar-refractivity contribution in [2.45, 2.75) is 9.79 Å². The maximum absolute atomic E-state index is 12.3. The van der Waals surface area contributed by atoms with Crippen molar-refractivity contribution in [3.8, 4) is 0 Å². The number of pyridine rings is 1. The summed E-state index contributed by atoms with van der Waals surface area (Å²) in [4.78, 5) is 14.5. The van der Waals surface area contributed by atoms with Gasteiger partial charge in [-0.3, -0.25) is 4.98 Å². The van der Waals surface area contributed by atoms with Gasteiger partial charge in [0.25, 0.3) is 0 Å². The standard InChI is InChI=1S/C12H8ClNO4S/c13-9-5-8(12(15)16)6-11(7-9)19(17,18)10-1-3-14-4-2-10/h1-7H,(H,15,16). The molecule has 0 aliphatic rings. The zero-order chi connectivity index (χ0) is 14.0. The predicted molar refractivity (Wildman–Crippen MR) is 68.1 cm³/mol. The topological polar surface area (TPSA) is 84.3 Å². The van der Waals surface area contributed by atoms with Crippen molar-refractivity contribution in [3.63, 3.8) is 0 Å². The summed E-state index contributed by atoms with van der Waals surface area (Å²) < 4.78 is 24.6. The van der Waals surface area contributed by atoms with Crippen LogP contribution in [0.2, 0.25) is 5.02 Å². The van der Waals surface area contributed by atoms with E-state index in [1.165, 1.54) is 36.7 Å². The zero-order valence-corrected chi connectivity index (χ0v) is 11.0. The number of carbonyl (C=O) groups is 1. The van der Waals surface area contributed by atoms with Crippen molar-refractivity contribution in [3.05, 3.63) is 53.3 Å². The minimum absolute atomic E-state index is 0.0288. The van der Waals surface area contributed by atoms with Gasteiger partial charge in [-0.25, -0.2) is 13.2 Å². The molecule has 1 aromatic carbocycles. The average Bonchev–Trinajstić information content (AvgIpc) is 2.39. The van der Waals surface area contributed by atoms with Gasteiger partial charge < -0.3 is 5.11 Å². The van der Waals surface area contributed by atoms with Crippen molar-refractivity contribution in [1.82, 2.24) is 4.98 Å². The third-order valence-electron chi connectivity index (χ3n) is 2.39. The van der Waals surface area contributed by atoms with Crippen LogP contribution in [0.5, 0.6) is 0 Å². The molecule has 2 aromatic rings. The van der Waals surface area contributed by atoms with E-state index in [0.717, 1.165) is 6.07 Å². The molecule has 0 spiro atoms. The second kappa shape index (κ2) is 4.99. The van der Waals surface area contributed by atoms with Gasteiger partial charge in [0, 0.05) is 17.4 Å². The van der Waals surface area contributed by atoms with E-state index in [9.17, 15) is 13.2 Å². The van der Waals surface area contributed by atoms with Crippen LogP contribution >= 0.6 is 11.6 Å². The lowest BCUT2D eigenvalue weighted by Gasteiger charge is -2.06. The van der Waals surface area contributed by atoms with Crippen molar-refractivity contribution in [1.29, 1.82) is 0 Å². The molecule has 5 nitrogen and oxygen atoms in total. The maximum atomic E-state index is 12.3. The van der Waals surface area contributed by atoms with E-state index < -0.39 is 15.8 Å². The number of carboxylic acid groups (broad SMARTS) is 1. The Hall–Kier alpha value is -1.92. The SMILES string of the molecule is O=C(O)c1cc(Cl)cc(S(=O)(=O)c2ccncc2)c1. The van der Waals surface area contributed by atoms with Gasteiger partial charge >= 0.3 is 5.97 Å². The molecule has 0 bridgehead atoms.